The van der Waals surface area contributed by atoms with Crippen molar-refractivity contribution in [2.45, 2.75) is 6.54 Å². The van der Waals surface area contributed by atoms with Gasteiger partial charge in [0.2, 0.25) is 5.56 Å². The summed E-state index contributed by atoms with van der Waals surface area (Å²) in [6.07, 6.45) is 3.48. The lowest BCUT2D eigenvalue weighted by Gasteiger charge is -2.36. The number of benzene rings is 1. The highest BCUT2D eigenvalue weighted by atomic mass is 16.1. The first-order valence-corrected chi connectivity index (χ1v) is 9.09. The van der Waals surface area contributed by atoms with Crippen LogP contribution in [0.5, 0.6) is 0 Å². The van der Waals surface area contributed by atoms with E-state index in [0.29, 0.717) is 5.39 Å². The van der Waals surface area contributed by atoms with Crippen LogP contribution in [-0.4, -0.2) is 45.2 Å². The van der Waals surface area contributed by atoms with E-state index in [-0.39, 0.29) is 11.1 Å². The molecule has 1 aromatic carbocycles. The molecule has 7 nitrogen and oxygen atoms in total. The lowest BCUT2D eigenvalue weighted by molar-refractivity contribution is 0.249. The summed E-state index contributed by atoms with van der Waals surface area (Å²) in [7, 11) is 3.50. The fourth-order valence-corrected chi connectivity index (χ4v) is 3.56. The van der Waals surface area contributed by atoms with Crippen molar-refractivity contribution in [3.05, 3.63) is 69.1 Å². The van der Waals surface area contributed by atoms with E-state index in [9.17, 15) is 9.59 Å². The van der Waals surface area contributed by atoms with E-state index in [1.54, 1.807) is 31.1 Å². The maximum absolute atomic E-state index is 12.2. The summed E-state index contributed by atoms with van der Waals surface area (Å²) in [5.41, 5.74) is 2.99. The van der Waals surface area contributed by atoms with Gasteiger partial charge in [0.1, 0.15) is 0 Å². The van der Waals surface area contributed by atoms with Gasteiger partial charge in [-0.2, -0.15) is 0 Å². The van der Waals surface area contributed by atoms with Crippen molar-refractivity contribution in [1.82, 2.24) is 19.0 Å². The highest BCUT2D eigenvalue weighted by Gasteiger charge is 2.18. The van der Waals surface area contributed by atoms with Gasteiger partial charge in [-0.1, -0.05) is 6.07 Å². The molecule has 27 heavy (non-hydrogen) atoms. The Bertz CT molecular complexity index is 1090. The Morgan fingerprint density at radius 3 is 2.48 bits per heavy atom. The summed E-state index contributed by atoms with van der Waals surface area (Å²) in [5, 5.41) is 0.650. The largest absolute Gasteiger partial charge is 0.369 e. The van der Waals surface area contributed by atoms with Crippen LogP contribution in [0, 0.1) is 0 Å². The van der Waals surface area contributed by atoms with Crippen molar-refractivity contribution in [3.8, 4) is 0 Å². The van der Waals surface area contributed by atoms with Crippen LogP contribution in [0.15, 0.2) is 52.4 Å². The number of rotatable bonds is 3. The fourth-order valence-electron chi connectivity index (χ4n) is 3.56. The van der Waals surface area contributed by atoms with E-state index in [4.69, 9.17) is 0 Å². The van der Waals surface area contributed by atoms with Gasteiger partial charge < -0.3 is 14.0 Å². The van der Waals surface area contributed by atoms with Crippen molar-refractivity contribution in [2.24, 2.45) is 14.1 Å². The van der Waals surface area contributed by atoms with Crippen molar-refractivity contribution in [1.29, 1.82) is 0 Å². The molecule has 1 aliphatic rings. The first-order valence-electron chi connectivity index (χ1n) is 9.09. The third-order valence-electron chi connectivity index (χ3n) is 5.19. The number of aromatic nitrogens is 3. The molecule has 2 aromatic heterocycles. The molecule has 3 heterocycles. The Morgan fingerprint density at radius 1 is 0.963 bits per heavy atom. The Kier molecular flexibility index (Phi) is 4.53. The van der Waals surface area contributed by atoms with Crippen LogP contribution in [0.2, 0.25) is 0 Å². The number of nitrogens with zero attached hydrogens (tertiary/aromatic N) is 5. The lowest BCUT2D eigenvalue weighted by Crippen LogP contribution is -2.46. The maximum Gasteiger partial charge on any atom is 0.260 e. The van der Waals surface area contributed by atoms with Crippen molar-refractivity contribution in [2.75, 3.05) is 31.1 Å². The third-order valence-corrected chi connectivity index (χ3v) is 5.19. The molecular formula is C20H23N5O2. The number of hydrogen-bond donors (Lipinski definition) is 0. The quantitative estimate of drug-likeness (QED) is 0.692. The third kappa shape index (κ3) is 3.50. The summed E-state index contributed by atoms with van der Waals surface area (Å²) in [6, 6.07) is 9.41. The zero-order valence-electron chi connectivity index (χ0n) is 15.6. The second-order valence-electron chi connectivity index (χ2n) is 7.11. The van der Waals surface area contributed by atoms with E-state index in [1.807, 2.05) is 30.5 Å². The summed E-state index contributed by atoms with van der Waals surface area (Å²) in [4.78, 5) is 32.8. The van der Waals surface area contributed by atoms with Gasteiger partial charge in [-0.05, 0) is 23.8 Å². The van der Waals surface area contributed by atoms with Gasteiger partial charge in [-0.3, -0.25) is 14.5 Å². The number of pyridine rings is 1. The zero-order valence-corrected chi connectivity index (χ0v) is 15.6. The molecule has 0 unspecified atom stereocenters. The van der Waals surface area contributed by atoms with E-state index < -0.39 is 0 Å². The predicted molar refractivity (Wildman–Crippen MR) is 106 cm³/mol. The highest BCUT2D eigenvalue weighted by Crippen LogP contribution is 2.20. The Balaban J connectivity index is 1.45. The molecule has 4 rings (SSSR count). The SMILES string of the molecule is Cn1cc(CN2CCN(c3ccc4c(=O)n(C)cnc4c3)CC2)ccc1=O. The van der Waals surface area contributed by atoms with Crippen LogP contribution in [0.3, 0.4) is 0 Å². The molecular weight excluding hydrogens is 342 g/mol. The van der Waals surface area contributed by atoms with Gasteiger partial charge >= 0.3 is 0 Å². The molecule has 1 fully saturated rings. The van der Waals surface area contributed by atoms with Crippen LogP contribution in [0.4, 0.5) is 5.69 Å². The molecule has 0 aliphatic carbocycles. The van der Waals surface area contributed by atoms with E-state index >= 15 is 0 Å². The molecule has 0 amide bonds. The van der Waals surface area contributed by atoms with Crippen molar-refractivity contribution in [3.63, 3.8) is 0 Å². The zero-order chi connectivity index (χ0) is 19.0. The molecule has 0 spiro atoms. The predicted octanol–water partition coefficient (Wildman–Crippen LogP) is 0.954. The molecule has 0 radical (unpaired) electrons. The second-order valence-corrected chi connectivity index (χ2v) is 7.11. The average molecular weight is 365 g/mol. The van der Waals surface area contributed by atoms with Gasteiger partial charge in [0.05, 0.1) is 17.2 Å². The number of anilines is 1. The summed E-state index contributed by atoms with van der Waals surface area (Å²) in [5.74, 6) is 0. The molecule has 7 heteroatoms. The summed E-state index contributed by atoms with van der Waals surface area (Å²) >= 11 is 0. The number of aryl methyl sites for hydroxylation is 2. The molecule has 0 atom stereocenters. The van der Waals surface area contributed by atoms with E-state index in [2.05, 4.69) is 14.8 Å². The standard InChI is InChI=1S/C20H23N5O2/c1-22-12-15(3-6-19(22)26)13-24-7-9-25(10-8-24)16-4-5-17-18(11-16)21-14-23(2)20(17)27/h3-6,11-12,14H,7-10,13H2,1-2H3. The Morgan fingerprint density at radius 2 is 1.74 bits per heavy atom. The van der Waals surface area contributed by atoms with Crippen LogP contribution in [-0.2, 0) is 20.6 Å². The van der Waals surface area contributed by atoms with Crippen LogP contribution >= 0.6 is 0 Å². The average Bonchev–Trinajstić information content (AvgIpc) is 2.68. The molecule has 3 aromatic rings. The minimum absolute atomic E-state index is 0.0170. The van der Waals surface area contributed by atoms with Gasteiger partial charge in [-0.15, -0.1) is 0 Å². The summed E-state index contributed by atoms with van der Waals surface area (Å²) < 4.78 is 3.12. The van der Waals surface area contributed by atoms with E-state index in [1.165, 1.54) is 4.57 Å². The minimum atomic E-state index is -0.0198. The molecule has 0 saturated carbocycles. The number of piperazine rings is 1. The minimum Gasteiger partial charge on any atom is -0.369 e. The molecule has 0 N–H and O–H groups in total. The van der Waals surface area contributed by atoms with Gasteiger partial charge in [0.25, 0.3) is 5.56 Å². The first kappa shape index (κ1) is 17.5. The number of hydrogen-bond acceptors (Lipinski definition) is 5. The van der Waals surface area contributed by atoms with Crippen LogP contribution in [0.25, 0.3) is 10.9 Å². The monoisotopic (exact) mass is 365 g/mol. The molecule has 1 aliphatic heterocycles. The maximum atomic E-state index is 12.2. The summed E-state index contributed by atoms with van der Waals surface area (Å²) in [6.45, 7) is 4.58. The smallest absolute Gasteiger partial charge is 0.260 e. The van der Waals surface area contributed by atoms with Gasteiger partial charge in [-0.25, -0.2) is 4.98 Å². The van der Waals surface area contributed by atoms with Crippen molar-refractivity contribution < 1.29 is 0 Å². The fraction of sp³-hybridized carbons (Fsp3) is 0.350. The second kappa shape index (κ2) is 7.00. The Hall–Kier alpha value is -2.93. The van der Waals surface area contributed by atoms with Crippen LogP contribution in [0.1, 0.15) is 5.56 Å². The normalized spacial score (nSPS) is 15.4. The topological polar surface area (TPSA) is 63.4 Å². The van der Waals surface area contributed by atoms with Crippen molar-refractivity contribution >= 4 is 16.6 Å². The number of fused-ring (bicyclic) bond motifs is 1. The molecule has 0 bridgehead atoms. The van der Waals surface area contributed by atoms with E-state index in [0.717, 1.165) is 49.5 Å². The van der Waals surface area contributed by atoms with Crippen LogP contribution < -0.4 is 16.0 Å². The Labute approximate surface area is 157 Å². The van der Waals surface area contributed by atoms with Gasteiger partial charge in [0.15, 0.2) is 0 Å². The van der Waals surface area contributed by atoms with Gasteiger partial charge in [0, 0.05) is 64.8 Å². The highest BCUT2D eigenvalue weighted by molar-refractivity contribution is 5.81. The molecule has 140 valence electrons. The lowest BCUT2D eigenvalue weighted by atomic mass is 10.2. The molecule has 1 saturated heterocycles. The first-order chi connectivity index (χ1) is 13.0.